The van der Waals surface area contributed by atoms with E-state index in [2.05, 4.69) is 0 Å². The van der Waals surface area contributed by atoms with Gasteiger partial charge in [0, 0.05) is 16.2 Å². The molecule has 5 heteroatoms. The third-order valence-corrected chi connectivity index (χ3v) is 3.69. The van der Waals surface area contributed by atoms with Gasteiger partial charge in [-0.1, -0.05) is 20.8 Å². The molecule has 0 aliphatic carbocycles. The maximum absolute atomic E-state index is 11.3. The average molecular weight is 277 g/mol. The summed E-state index contributed by atoms with van der Waals surface area (Å²) >= 11 is 0. The molecule has 0 spiro atoms. The molecule has 0 saturated heterocycles. The first-order valence-electron chi connectivity index (χ1n) is 5.38. The zero-order valence-corrected chi connectivity index (χ0v) is 12.0. The van der Waals surface area contributed by atoms with E-state index in [0.29, 0.717) is 12.4 Å². The highest BCUT2D eigenvalue weighted by atomic mass is 35.7. The Hall–Kier alpha value is -0.740. The lowest BCUT2D eigenvalue weighted by molar-refractivity contribution is 0.329. The molecule has 0 atom stereocenters. The average Bonchev–Trinajstić information content (AvgIpc) is 2.15. The van der Waals surface area contributed by atoms with Gasteiger partial charge in [0.05, 0.1) is 11.5 Å². The van der Waals surface area contributed by atoms with Crippen LogP contribution >= 0.6 is 10.7 Å². The number of rotatable bonds is 3. The van der Waals surface area contributed by atoms with E-state index in [-0.39, 0.29) is 10.3 Å². The molecule has 0 unspecified atom stereocenters. The Kier molecular flexibility index (Phi) is 4.10. The van der Waals surface area contributed by atoms with Crippen LogP contribution in [0.3, 0.4) is 0 Å². The summed E-state index contributed by atoms with van der Waals surface area (Å²) in [5.74, 6) is 0.698. The number of ether oxygens (including phenoxy) is 1. The lowest BCUT2D eigenvalue weighted by Gasteiger charge is -2.23. The summed E-state index contributed by atoms with van der Waals surface area (Å²) in [4.78, 5) is 0.104. The Labute approximate surface area is 107 Å². The SMILES string of the molecule is CCOc1ccc(S(=O)(=O)Cl)cc1C(C)(C)C. The molecule has 0 fully saturated rings. The highest BCUT2D eigenvalue weighted by molar-refractivity contribution is 8.13. The number of halogens is 1. The smallest absolute Gasteiger partial charge is 0.261 e. The van der Waals surface area contributed by atoms with Crippen molar-refractivity contribution in [1.29, 1.82) is 0 Å². The molecule has 1 rings (SSSR count). The van der Waals surface area contributed by atoms with E-state index in [1.165, 1.54) is 6.07 Å². The van der Waals surface area contributed by atoms with E-state index in [9.17, 15) is 8.42 Å². The van der Waals surface area contributed by atoms with E-state index < -0.39 is 9.05 Å². The van der Waals surface area contributed by atoms with Gasteiger partial charge < -0.3 is 4.74 Å². The molecule has 1 aromatic rings. The van der Waals surface area contributed by atoms with Crippen LogP contribution < -0.4 is 4.74 Å². The lowest BCUT2D eigenvalue weighted by atomic mass is 9.86. The lowest BCUT2D eigenvalue weighted by Crippen LogP contribution is -2.14. The standard InChI is InChI=1S/C12H17ClO3S/c1-5-16-11-7-6-9(17(13,14)15)8-10(11)12(2,3)4/h6-8H,5H2,1-4H3. The zero-order chi connectivity index (χ0) is 13.3. The minimum atomic E-state index is -3.70. The van der Waals surface area contributed by atoms with Gasteiger partial charge in [0.15, 0.2) is 0 Å². The van der Waals surface area contributed by atoms with Crippen molar-refractivity contribution in [3.8, 4) is 5.75 Å². The van der Waals surface area contributed by atoms with Gasteiger partial charge in [0.25, 0.3) is 9.05 Å². The van der Waals surface area contributed by atoms with Crippen molar-refractivity contribution in [2.75, 3.05) is 6.61 Å². The maximum Gasteiger partial charge on any atom is 0.261 e. The monoisotopic (exact) mass is 276 g/mol. The maximum atomic E-state index is 11.3. The summed E-state index contributed by atoms with van der Waals surface area (Å²) in [5, 5.41) is 0. The Bertz CT molecular complexity index is 501. The molecule has 0 radical (unpaired) electrons. The Morgan fingerprint density at radius 3 is 2.29 bits per heavy atom. The minimum absolute atomic E-state index is 0.104. The molecular formula is C12H17ClO3S. The molecule has 3 nitrogen and oxygen atoms in total. The molecule has 0 aromatic heterocycles. The predicted molar refractivity (Wildman–Crippen MR) is 69.3 cm³/mol. The van der Waals surface area contributed by atoms with Crippen molar-refractivity contribution >= 4 is 19.7 Å². The van der Waals surface area contributed by atoms with Crippen LogP contribution in [0.5, 0.6) is 5.75 Å². The van der Waals surface area contributed by atoms with Crippen LogP contribution in [0.15, 0.2) is 23.1 Å². The first-order chi connectivity index (χ1) is 7.66. The van der Waals surface area contributed by atoms with Gasteiger partial charge >= 0.3 is 0 Å². The quantitative estimate of drug-likeness (QED) is 0.796. The third kappa shape index (κ3) is 3.61. The van der Waals surface area contributed by atoms with Crippen LogP contribution in [0.25, 0.3) is 0 Å². The van der Waals surface area contributed by atoms with Gasteiger partial charge in [-0.15, -0.1) is 0 Å². The fraction of sp³-hybridized carbons (Fsp3) is 0.500. The fourth-order valence-electron chi connectivity index (χ4n) is 1.53. The second-order valence-electron chi connectivity index (χ2n) is 4.78. The molecule has 0 amide bonds. The molecule has 0 aliphatic rings. The summed E-state index contributed by atoms with van der Waals surface area (Å²) in [6.45, 7) is 8.41. The molecule has 17 heavy (non-hydrogen) atoms. The van der Waals surface area contributed by atoms with Crippen molar-refractivity contribution in [2.24, 2.45) is 0 Å². The van der Waals surface area contributed by atoms with Gasteiger partial charge in [0.1, 0.15) is 5.75 Å². The molecule has 1 aromatic carbocycles. The molecule has 96 valence electrons. The third-order valence-electron chi connectivity index (χ3n) is 2.34. The van der Waals surface area contributed by atoms with Crippen molar-refractivity contribution in [3.05, 3.63) is 23.8 Å². The number of hydrogen-bond acceptors (Lipinski definition) is 3. The van der Waals surface area contributed by atoms with Crippen molar-refractivity contribution in [1.82, 2.24) is 0 Å². The molecule has 0 bridgehead atoms. The van der Waals surface area contributed by atoms with Crippen LogP contribution in [0.1, 0.15) is 33.3 Å². The van der Waals surface area contributed by atoms with Crippen molar-refractivity contribution < 1.29 is 13.2 Å². The van der Waals surface area contributed by atoms with Gasteiger partial charge in [-0.3, -0.25) is 0 Å². The Morgan fingerprint density at radius 2 is 1.88 bits per heavy atom. The first-order valence-corrected chi connectivity index (χ1v) is 7.69. The van der Waals surface area contributed by atoms with Crippen LogP contribution in [0, 0.1) is 0 Å². The summed E-state index contributed by atoms with van der Waals surface area (Å²) in [6, 6.07) is 4.69. The summed E-state index contributed by atoms with van der Waals surface area (Å²) < 4.78 is 28.1. The van der Waals surface area contributed by atoms with Gasteiger partial charge in [-0.2, -0.15) is 0 Å². The second-order valence-corrected chi connectivity index (χ2v) is 7.34. The van der Waals surface area contributed by atoms with Crippen LogP contribution in [0.4, 0.5) is 0 Å². The van der Waals surface area contributed by atoms with Crippen molar-refractivity contribution in [3.63, 3.8) is 0 Å². The highest BCUT2D eigenvalue weighted by Gasteiger charge is 2.22. The topological polar surface area (TPSA) is 43.4 Å². The number of benzene rings is 1. The summed E-state index contributed by atoms with van der Waals surface area (Å²) in [5.41, 5.74) is 0.628. The van der Waals surface area contributed by atoms with Gasteiger partial charge in [-0.05, 0) is 30.5 Å². The van der Waals surface area contributed by atoms with E-state index in [1.807, 2.05) is 27.7 Å². The van der Waals surface area contributed by atoms with Gasteiger partial charge in [-0.25, -0.2) is 8.42 Å². The van der Waals surface area contributed by atoms with Crippen LogP contribution in [-0.2, 0) is 14.5 Å². The molecule has 0 heterocycles. The normalized spacial score (nSPS) is 12.5. The van der Waals surface area contributed by atoms with Gasteiger partial charge in [0.2, 0.25) is 0 Å². The Morgan fingerprint density at radius 1 is 1.29 bits per heavy atom. The van der Waals surface area contributed by atoms with Crippen LogP contribution in [0.2, 0.25) is 0 Å². The largest absolute Gasteiger partial charge is 0.494 e. The van der Waals surface area contributed by atoms with E-state index in [0.717, 1.165) is 5.56 Å². The predicted octanol–water partition coefficient (Wildman–Crippen LogP) is 3.31. The Balaban J connectivity index is 3.40. The molecule has 0 aliphatic heterocycles. The molecular weight excluding hydrogens is 260 g/mol. The fourth-order valence-corrected chi connectivity index (χ4v) is 2.31. The summed E-state index contributed by atoms with van der Waals surface area (Å²) in [6.07, 6.45) is 0. The van der Waals surface area contributed by atoms with Crippen LogP contribution in [-0.4, -0.2) is 15.0 Å². The zero-order valence-electron chi connectivity index (χ0n) is 10.5. The van der Waals surface area contributed by atoms with Crippen molar-refractivity contribution in [2.45, 2.75) is 38.0 Å². The summed E-state index contributed by atoms with van der Waals surface area (Å²) in [7, 11) is 1.64. The molecule has 0 N–H and O–H groups in total. The van der Waals surface area contributed by atoms with E-state index in [4.69, 9.17) is 15.4 Å². The minimum Gasteiger partial charge on any atom is -0.494 e. The molecule has 0 saturated carbocycles. The van der Waals surface area contributed by atoms with E-state index >= 15 is 0 Å². The second kappa shape index (κ2) is 4.86. The first kappa shape index (κ1) is 14.3. The highest BCUT2D eigenvalue weighted by Crippen LogP contribution is 2.34. The number of hydrogen-bond donors (Lipinski definition) is 0. The van der Waals surface area contributed by atoms with E-state index in [1.54, 1.807) is 12.1 Å².